The zero-order valence-electron chi connectivity index (χ0n) is 34.0. The van der Waals surface area contributed by atoms with Gasteiger partial charge in [0, 0.05) is 63.0 Å². The minimum atomic E-state index is -1.12. The molecule has 3 fully saturated rings. The van der Waals surface area contributed by atoms with Gasteiger partial charge in [-0.2, -0.15) is 9.65 Å². The highest BCUT2D eigenvalue weighted by atomic mass is 35.5. The van der Waals surface area contributed by atoms with Gasteiger partial charge in [0.2, 0.25) is 17.8 Å². The Kier molecular flexibility index (Phi) is 11.5. The van der Waals surface area contributed by atoms with Gasteiger partial charge in [0.15, 0.2) is 0 Å². The number of carbonyl (C=O) groups excluding carboxylic acids is 5. The summed E-state index contributed by atoms with van der Waals surface area (Å²) in [4.78, 5) is 83.7. The SMILES string of the molecule is N#Cc1ccc(N2CCc3c(ncnc3Nc3ccc(C(=O)N[C@H]4CC[C@H](CN5CCN(c6cc7c(cc6F)C(=O)N(C6CCC(=O)NC6=O)C7=O)CC5)CC4)c(F)n3)C2)cc1Cl. The second-order valence-electron chi connectivity index (χ2n) is 16.5. The zero-order valence-corrected chi connectivity index (χ0v) is 34.8. The highest BCUT2D eigenvalue weighted by Crippen LogP contribution is 2.35. The fraction of sp³-hybridized carbons (Fsp3) is 0.386. The van der Waals surface area contributed by atoms with Crippen molar-refractivity contribution in [1.29, 1.82) is 5.26 Å². The molecule has 1 unspecified atom stereocenters. The summed E-state index contributed by atoms with van der Waals surface area (Å²) in [6, 6.07) is 11.6. The van der Waals surface area contributed by atoms with Crippen LogP contribution in [-0.2, 0) is 22.6 Å². The first-order chi connectivity index (χ1) is 30.4. The Labute approximate surface area is 365 Å². The molecule has 0 bridgehead atoms. The van der Waals surface area contributed by atoms with Crippen LogP contribution in [0.1, 0.15) is 86.4 Å². The Bertz CT molecular complexity index is 2590. The summed E-state index contributed by atoms with van der Waals surface area (Å²) in [5.74, 6) is -3.57. The number of benzene rings is 2. The van der Waals surface area contributed by atoms with Crippen LogP contribution in [0.5, 0.6) is 0 Å². The number of rotatable bonds is 9. The van der Waals surface area contributed by atoms with Crippen LogP contribution in [-0.4, -0.2) is 106 Å². The number of hydrogen-bond donors (Lipinski definition) is 3. The largest absolute Gasteiger partial charge is 0.367 e. The summed E-state index contributed by atoms with van der Waals surface area (Å²) in [7, 11) is 0. The van der Waals surface area contributed by atoms with Crippen LogP contribution in [0.3, 0.4) is 0 Å². The quantitative estimate of drug-likeness (QED) is 0.157. The van der Waals surface area contributed by atoms with E-state index in [4.69, 9.17) is 11.6 Å². The number of hydrogen-bond acceptors (Lipinski definition) is 13. The van der Waals surface area contributed by atoms with Crippen molar-refractivity contribution in [3.05, 3.63) is 99.1 Å². The molecule has 2 saturated heterocycles. The van der Waals surface area contributed by atoms with Crippen LogP contribution >= 0.6 is 11.6 Å². The van der Waals surface area contributed by atoms with E-state index in [0.717, 1.165) is 60.1 Å². The fourth-order valence-electron chi connectivity index (χ4n) is 9.28. The smallest absolute Gasteiger partial charge is 0.262 e. The van der Waals surface area contributed by atoms with Gasteiger partial charge in [0.05, 0.1) is 45.2 Å². The predicted octanol–water partition coefficient (Wildman–Crippen LogP) is 4.49. The normalized spacial score (nSPS) is 21.4. The van der Waals surface area contributed by atoms with Crippen LogP contribution in [0.2, 0.25) is 5.02 Å². The fourth-order valence-corrected chi connectivity index (χ4v) is 9.50. The molecule has 4 aromatic rings. The third-order valence-corrected chi connectivity index (χ3v) is 13.0. The minimum absolute atomic E-state index is 0.00323. The third-order valence-electron chi connectivity index (χ3n) is 12.7. The summed E-state index contributed by atoms with van der Waals surface area (Å²) < 4.78 is 30.8. The molecule has 1 atom stereocenters. The van der Waals surface area contributed by atoms with E-state index >= 15 is 8.78 Å². The van der Waals surface area contributed by atoms with Crippen LogP contribution in [0.4, 0.5) is 31.8 Å². The first kappa shape index (κ1) is 41.8. The van der Waals surface area contributed by atoms with E-state index in [1.807, 2.05) is 11.0 Å². The minimum Gasteiger partial charge on any atom is -0.367 e. The molecule has 3 N–H and O–H groups in total. The van der Waals surface area contributed by atoms with Crippen molar-refractivity contribution in [2.75, 3.05) is 54.4 Å². The van der Waals surface area contributed by atoms with E-state index in [1.165, 1.54) is 18.5 Å². The number of piperidine rings is 1. The first-order valence-corrected chi connectivity index (χ1v) is 21.4. The summed E-state index contributed by atoms with van der Waals surface area (Å²) >= 11 is 6.27. The standard InChI is InChI=1S/C44H42ClF2N11O5/c45-32-17-27(6-3-25(32)20-48)57-12-11-28-34(22-57)49-23-50-40(28)53-37-9-7-29(39(47)52-37)41(60)51-26-4-1-24(2-5-26)21-55-13-15-56(16-14-55)36-19-31-30(18-33(36)46)43(62)58(44(31)63)35-8-10-38(59)54-42(35)61/h3,6-7,9,17-19,23-24,26,35H,1-2,4-5,8,10-16,21-22H2,(H,51,60)(H,54,59,61)(H,49,50,52,53)/t24-,26-,35?. The Morgan fingerprint density at radius 2 is 1.65 bits per heavy atom. The molecule has 5 amide bonds. The maximum Gasteiger partial charge on any atom is 0.262 e. The maximum atomic E-state index is 15.4. The Morgan fingerprint density at radius 3 is 2.37 bits per heavy atom. The van der Waals surface area contributed by atoms with Gasteiger partial charge in [0.25, 0.3) is 17.7 Å². The first-order valence-electron chi connectivity index (χ1n) is 21.0. The van der Waals surface area contributed by atoms with Gasteiger partial charge in [0.1, 0.15) is 35.9 Å². The number of anilines is 4. The molecule has 1 saturated carbocycles. The van der Waals surface area contributed by atoms with Crippen LogP contribution < -0.4 is 25.8 Å². The topological polar surface area (TPSA) is 197 Å². The van der Waals surface area contributed by atoms with Crippen molar-refractivity contribution in [2.45, 2.75) is 63.6 Å². The van der Waals surface area contributed by atoms with Crippen LogP contribution in [0.15, 0.2) is 48.8 Å². The lowest BCUT2D eigenvalue weighted by atomic mass is 9.85. The van der Waals surface area contributed by atoms with Gasteiger partial charge in [-0.3, -0.25) is 39.1 Å². The second kappa shape index (κ2) is 17.3. The molecule has 9 rings (SSSR count). The molecule has 6 heterocycles. The summed E-state index contributed by atoms with van der Waals surface area (Å²) in [5.41, 5.74) is 2.96. The molecule has 63 heavy (non-hydrogen) atoms. The van der Waals surface area contributed by atoms with Crippen molar-refractivity contribution in [2.24, 2.45) is 5.92 Å². The van der Waals surface area contributed by atoms with E-state index in [-0.39, 0.29) is 47.1 Å². The number of aromatic nitrogens is 3. The number of amides is 5. The lowest BCUT2D eigenvalue weighted by Crippen LogP contribution is -2.54. The lowest BCUT2D eigenvalue weighted by Gasteiger charge is -2.39. The number of piperazine rings is 1. The lowest BCUT2D eigenvalue weighted by molar-refractivity contribution is -0.136. The highest BCUT2D eigenvalue weighted by Gasteiger charge is 2.45. The van der Waals surface area contributed by atoms with Gasteiger partial charge in [-0.25, -0.2) is 19.3 Å². The number of nitriles is 1. The van der Waals surface area contributed by atoms with Crippen molar-refractivity contribution < 1.29 is 32.8 Å². The average molecular weight is 878 g/mol. The summed E-state index contributed by atoms with van der Waals surface area (Å²) in [6.07, 6.45) is 5.27. The number of nitrogens with zero attached hydrogens (tertiary/aromatic N) is 8. The van der Waals surface area contributed by atoms with Crippen molar-refractivity contribution in [3.63, 3.8) is 0 Å². The van der Waals surface area contributed by atoms with E-state index in [0.29, 0.717) is 68.0 Å². The van der Waals surface area contributed by atoms with Crippen LogP contribution in [0.25, 0.3) is 0 Å². The number of imide groups is 2. The number of pyridine rings is 1. The van der Waals surface area contributed by atoms with E-state index in [1.54, 1.807) is 18.2 Å². The Morgan fingerprint density at radius 1 is 0.889 bits per heavy atom. The van der Waals surface area contributed by atoms with Gasteiger partial charge >= 0.3 is 0 Å². The predicted molar refractivity (Wildman–Crippen MR) is 225 cm³/mol. The molecular formula is C44H42ClF2N11O5. The van der Waals surface area contributed by atoms with E-state index < -0.39 is 47.3 Å². The molecule has 19 heteroatoms. The van der Waals surface area contributed by atoms with Crippen molar-refractivity contribution in [3.8, 4) is 6.07 Å². The van der Waals surface area contributed by atoms with Gasteiger partial charge < -0.3 is 20.4 Å². The molecule has 4 aliphatic heterocycles. The molecule has 16 nitrogen and oxygen atoms in total. The molecular weight excluding hydrogens is 836 g/mol. The number of fused-ring (bicyclic) bond motifs is 2. The number of halogens is 3. The molecule has 2 aromatic carbocycles. The molecule has 1 aliphatic carbocycles. The zero-order chi connectivity index (χ0) is 43.9. The van der Waals surface area contributed by atoms with Crippen molar-refractivity contribution >= 4 is 64.1 Å². The highest BCUT2D eigenvalue weighted by molar-refractivity contribution is 6.32. The van der Waals surface area contributed by atoms with E-state index in [9.17, 15) is 29.2 Å². The van der Waals surface area contributed by atoms with Gasteiger partial charge in [-0.1, -0.05) is 11.6 Å². The van der Waals surface area contributed by atoms with Gasteiger partial charge in [-0.05, 0) is 86.9 Å². The van der Waals surface area contributed by atoms with E-state index in [2.05, 4.69) is 46.8 Å². The summed E-state index contributed by atoms with van der Waals surface area (Å²) in [5, 5.41) is 17.8. The monoisotopic (exact) mass is 877 g/mol. The third kappa shape index (κ3) is 8.37. The number of carbonyl (C=O) groups is 5. The Hall–Kier alpha value is -6.58. The summed E-state index contributed by atoms with van der Waals surface area (Å²) in [6.45, 7) is 4.30. The van der Waals surface area contributed by atoms with Crippen molar-refractivity contribution in [1.82, 2.24) is 35.4 Å². The molecule has 324 valence electrons. The molecule has 0 radical (unpaired) electrons. The molecule has 2 aromatic heterocycles. The number of nitrogens with one attached hydrogen (secondary N) is 3. The maximum absolute atomic E-state index is 15.4. The molecule has 5 aliphatic rings. The Balaban J connectivity index is 0.737. The average Bonchev–Trinajstić information content (AvgIpc) is 3.51. The van der Waals surface area contributed by atoms with Gasteiger partial charge in [-0.15, -0.1) is 0 Å². The second-order valence-corrected chi connectivity index (χ2v) is 16.9. The molecule has 0 spiro atoms. The van der Waals surface area contributed by atoms with Crippen LogP contribution in [0, 0.1) is 29.0 Å².